The molecule has 0 radical (unpaired) electrons. The van der Waals surface area contributed by atoms with Crippen molar-refractivity contribution >= 4 is 17.0 Å². The van der Waals surface area contributed by atoms with E-state index in [1.165, 1.54) is 6.07 Å². The highest BCUT2D eigenvalue weighted by molar-refractivity contribution is 7.09. The number of aryl methyl sites for hydroxylation is 1. The van der Waals surface area contributed by atoms with Crippen LogP contribution in [0.2, 0.25) is 0 Å². The van der Waals surface area contributed by atoms with Gasteiger partial charge in [-0.25, -0.2) is 9.37 Å². The van der Waals surface area contributed by atoms with Crippen LogP contribution in [0.1, 0.15) is 21.8 Å². The molecule has 1 aromatic heterocycles. The lowest BCUT2D eigenvalue weighted by Crippen LogP contribution is -2.02. The Morgan fingerprint density at radius 1 is 1.44 bits per heavy atom. The van der Waals surface area contributed by atoms with Crippen LogP contribution in [0, 0.1) is 31.0 Å². The van der Waals surface area contributed by atoms with Gasteiger partial charge in [0.05, 0.1) is 18.2 Å². The molecule has 0 fully saturated rings. The summed E-state index contributed by atoms with van der Waals surface area (Å²) in [7, 11) is 0. The number of rotatable bonds is 3. The van der Waals surface area contributed by atoms with Crippen molar-refractivity contribution in [3.05, 3.63) is 45.2 Å². The van der Waals surface area contributed by atoms with E-state index >= 15 is 0 Å². The number of nitrogens with one attached hydrogen (secondary N) is 1. The molecule has 2 aromatic rings. The van der Waals surface area contributed by atoms with Gasteiger partial charge >= 0.3 is 0 Å². The fourth-order valence-corrected chi connectivity index (χ4v) is 2.29. The smallest absolute Gasteiger partial charge is 0.129 e. The van der Waals surface area contributed by atoms with Gasteiger partial charge in [-0.1, -0.05) is 0 Å². The minimum atomic E-state index is -0.369. The Balaban J connectivity index is 2.19. The molecule has 2 rings (SSSR count). The highest BCUT2D eigenvalue weighted by Gasteiger charge is 2.07. The van der Waals surface area contributed by atoms with Gasteiger partial charge in [-0.15, -0.1) is 11.3 Å². The molecule has 0 aliphatic rings. The first kappa shape index (κ1) is 12.5. The van der Waals surface area contributed by atoms with E-state index in [2.05, 4.69) is 10.3 Å². The molecule has 0 bridgehead atoms. The van der Waals surface area contributed by atoms with Gasteiger partial charge < -0.3 is 5.32 Å². The number of hydrogen-bond donors (Lipinski definition) is 1. The minimum Gasteiger partial charge on any atom is -0.378 e. The third-order valence-electron chi connectivity index (χ3n) is 2.57. The first-order valence-electron chi connectivity index (χ1n) is 5.45. The zero-order valence-corrected chi connectivity index (χ0v) is 10.9. The fourth-order valence-electron chi connectivity index (χ4n) is 1.58. The van der Waals surface area contributed by atoms with Gasteiger partial charge in [0, 0.05) is 22.3 Å². The second kappa shape index (κ2) is 5.15. The standard InChI is InChI=1S/C13H12FN3S/c1-8-7-18-13(17-8)6-16-12-4-10(5-15)3-11(14)9(12)2/h3-4,7,16H,6H2,1-2H3. The van der Waals surface area contributed by atoms with Crippen LogP contribution >= 0.6 is 11.3 Å². The summed E-state index contributed by atoms with van der Waals surface area (Å²) in [5.41, 5.74) is 2.45. The van der Waals surface area contributed by atoms with E-state index in [-0.39, 0.29) is 5.82 Å². The second-order valence-electron chi connectivity index (χ2n) is 3.98. The van der Waals surface area contributed by atoms with Gasteiger partial charge in [-0.3, -0.25) is 0 Å². The fraction of sp³-hybridized carbons (Fsp3) is 0.231. The van der Waals surface area contributed by atoms with E-state index < -0.39 is 0 Å². The van der Waals surface area contributed by atoms with Crippen molar-refractivity contribution in [1.82, 2.24) is 4.98 Å². The minimum absolute atomic E-state index is 0.316. The molecule has 0 atom stereocenters. The largest absolute Gasteiger partial charge is 0.378 e. The Hall–Kier alpha value is -1.93. The van der Waals surface area contributed by atoms with Crippen molar-refractivity contribution in [1.29, 1.82) is 5.26 Å². The van der Waals surface area contributed by atoms with Gasteiger partial charge in [0.2, 0.25) is 0 Å². The van der Waals surface area contributed by atoms with Crippen LogP contribution in [0.3, 0.4) is 0 Å². The van der Waals surface area contributed by atoms with Crippen molar-refractivity contribution < 1.29 is 4.39 Å². The maximum Gasteiger partial charge on any atom is 0.129 e. The summed E-state index contributed by atoms with van der Waals surface area (Å²) in [6.07, 6.45) is 0. The Morgan fingerprint density at radius 2 is 2.22 bits per heavy atom. The summed E-state index contributed by atoms with van der Waals surface area (Å²) in [5.74, 6) is -0.369. The average molecular weight is 261 g/mol. The van der Waals surface area contributed by atoms with Crippen LogP contribution in [0.25, 0.3) is 0 Å². The first-order valence-corrected chi connectivity index (χ1v) is 6.33. The second-order valence-corrected chi connectivity index (χ2v) is 4.92. The molecular formula is C13H12FN3S. The molecule has 0 unspecified atom stereocenters. The van der Waals surface area contributed by atoms with Crippen LogP contribution in [-0.2, 0) is 6.54 Å². The predicted octanol–water partition coefficient (Wildman–Crippen LogP) is 3.38. The van der Waals surface area contributed by atoms with Crippen LogP contribution < -0.4 is 5.32 Å². The molecule has 1 N–H and O–H groups in total. The Labute approximate surface area is 109 Å². The number of nitrogens with zero attached hydrogens (tertiary/aromatic N) is 2. The maximum atomic E-state index is 13.6. The number of halogens is 1. The summed E-state index contributed by atoms with van der Waals surface area (Å²) >= 11 is 1.56. The van der Waals surface area contributed by atoms with Crippen molar-refractivity contribution in [3.63, 3.8) is 0 Å². The molecule has 0 aliphatic heterocycles. The molecule has 0 spiro atoms. The Kier molecular flexibility index (Phi) is 3.58. The van der Waals surface area contributed by atoms with Crippen LogP contribution in [0.15, 0.2) is 17.5 Å². The molecular weight excluding hydrogens is 249 g/mol. The summed E-state index contributed by atoms with van der Waals surface area (Å²) < 4.78 is 13.6. The maximum absolute atomic E-state index is 13.6. The molecule has 92 valence electrons. The van der Waals surface area contributed by atoms with Crippen molar-refractivity contribution in [2.75, 3.05) is 5.32 Å². The van der Waals surface area contributed by atoms with Gasteiger partial charge in [0.15, 0.2) is 0 Å². The SMILES string of the molecule is Cc1csc(CNc2cc(C#N)cc(F)c2C)n1. The normalized spacial score (nSPS) is 10.1. The molecule has 1 aromatic carbocycles. The number of anilines is 1. The van der Waals surface area contributed by atoms with E-state index in [1.807, 2.05) is 18.4 Å². The molecule has 3 nitrogen and oxygen atoms in total. The molecule has 5 heteroatoms. The van der Waals surface area contributed by atoms with Crippen molar-refractivity contribution in [2.45, 2.75) is 20.4 Å². The van der Waals surface area contributed by atoms with E-state index in [4.69, 9.17) is 5.26 Å². The third-order valence-corrected chi connectivity index (χ3v) is 3.54. The molecule has 0 saturated heterocycles. The summed E-state index contributed by atoms with van der Waals surface area (Å²) in [4.78, 5) is 4.32. The van der Waals surface area contributed by atoms with Crippen molar-refractivity contribution in [2.24, 2.45) is 0 Å². The number of nitriles is 1. The highest BCUT2D eigenvalue weighted by Crippen LogP contribution is 2.21. The molecule has 18 heavy (non-hydrogen) atoms. The average Bonchev–Trinajstić information content (AvgIpc) is 2.77. The summed E-state index contributed by atoms with van der Waals surface area (Å²) in [5, 5.41) is 14.8. The van der Waals surface area contributed by atoms with Gasteiger partial charge in [-0.2, -0.15) is 5.26 Å². The van der Waals surface area contributed by atoms with E-state index in [1.54, 1.807) is 24.3 Å². The quantitative estimate of drug-likeness (QED) is 0.921. The number of hydrogen-bond acceptors (Lipinski definition) is 4. The van der Waals surface area contributed by atoms with Gasteiger partial charge in [0.1, 0.15) is 10.8 Å². The predicted molar refractivity (Wildman–Crippen MR) is 70.0 cm³/mol. The molecule has 0 aliphatic carbocycles. The zero-order chi connectivity index (χ0) is 13.1. The zero-order valence-electron chi connectivity index (χ0n) is 10.1. The number of benzene rings is 1. The van der Waals surface area contributed by atoms with Crippen LogP contribution in [0.5, 0.6) is 0 Å². The summed E-state index contributed by atoms with van der Waals surface area (Å²) in [6.45, 7) is 4.15. The molecule has 1 heterocycles. The van der Waals surface area contributed by atoms with E-state index in [0.29, 0.717) is 23.4 Å². The summed E-state index contributed by atoms with van der Waals surface area (Å²) in [6, 6.07) is 4.84. The number of thiazole rings is 1. The van der Waals surface area contributed by atoms with Gasteiger partial charge in [0.25, 0.3) is 0 Å². The third kappa shape index (κ3) is 2.66. The lowest BCUT2D eigenvalue weighted by molar-refractivity contribution is 0.618. The van der Waals surface area contributed by atoms with E-state index in [9.17, 15) is 4.39 Å². The van der Waals surface area contributed by atoms with E-state index in [0.717, 1.165) is 10.7 Å². The molecule has 0 saturated carbocycles. The first-order chi connectivity index (χ1) is 8.60. The Morgan fingerprint density at radius 3 is 2.83 bits per heavy atom. The molecule has 0 amide bonds. The monoisotopic (exact) mass is 261 g/mol. The lowest BCUT2D eigenvalue weighted by atomic mass is 10.1. The Bertz CT molecular complexity index is 613. The van der Waals surface area contributed by atoms with Crippen LogP contribution in [-0.4, -0.2) is 4.98 Å². The lowest BCUT2D eigenvalue weighted by Gasteiger charge is -2.09. The topological polar surface area (TPSA) is 48.7 Å². The van der Waals surface area contributed by atoms with Crippen molar-refractivity contribution in [3.8, 4) is 6.07 Å². The van der Waals surface area contributed by atoms with Gasteiger partial charge in [-0.05, 0) is 26.0 Å². The number of aromatic nitrogens is 1. The van der Waals surface area contributed by atoms with Crippen LogP contribution in [0.4, 0.5) is 10.1 Å². The highest BCUT2D eigenvalue weighted by atomic mass is 32.1.